The van der Waals surface area contributed by atoms with E-state index in [1.807, 2.05) is 13.8 Å². The summed E-state index contributed by atoms with van der Waals surface area (Å²) in [5.74, 6) is 0.696. The number of carbonyl (C=O) groups excluding carboxylic acids is 1. The number of Topliss-reactive ketones (excluding diaryl/α,β-unsaturated/α-hetero) is 1. The van der Waals surface area contributed by atoms with E-state index in [1.165, 1.54) is 7.11 Å². The van der Waals surface area contributed by atoms with Crippen molar-refractivity contribution in [3.63, 3.8) is 0 Å². The maximum absolute atomic E-state index is 12.0. The second-order valence-electron chi connectivity index (χ2n) is 4.93. The predicted molar refractivity (Wildman–Crippen MR) is 71.6 cm³/mol. The van der Waals surface area contributed by atoms with Gasteiger partial charge in [0.25, 0.3) is 0 Å². The first-order valence-corrected chi connectivity index (χ1v) is 7.68. The number of rotatable bonds is 2. The van der Waals surface area contributed by atoms with E-state index in [0.717, 1.165) is 11.1 Å². The molecule has 1 aliphatic rings. The summed E-state index contributed by atoms with van der Waals surface area (Å²) in [6.45, 7) is 3.81. The number of benzene rings is 1. The SMILES string of the molecule is COc1cc2c(cc1[S+]([O-])Cl)CCC(=O)C2(C)C. The van der Waals surface area contributed by atoms with Crippen molar-refractivity contribution >= 4 is 26.9 Å². The van der Waals surface area contributed by atoms with Crippen molar-refractivity contribution in [1.82, 2.24) is 0 Å². The van der Waals surface area contributed by atoms with Gasteiger partial charge in [0.2, 0.25) is 4.90 Å². The van der Waals surface area contributed by atoms with Crippen LogP contribution >= 0.6 is 10.7 Å². The fraction of sp³-hybridized carbons (Fsp3) is 0.462. The van der Waals surface area contributed by atoms with Crippen molar-refractivity contribution in [2.24, 2.45) is 0 Å². The number of methoxy groups -OCH3 is 1. The Morgan fingerprint density at radius 2 is 2.06 bits per heavy atom. The molecule has 1 atom stereocenters. The molecule has 2 rings (SSSR count). The molecule has 0 N–H and O–H groups in total. The Hall–Kier alpha value is -0.710. The summed E-state index contributed by atoms with van der Waals surface area (Å²) >= 11 is 0. The van der Waals surface area contributed by atoms with E-state index in [9.17, 15) is 9.35 Å². The minimum absolute atomic E-state index is 0.219. The highest BCUT2D eigenvalue weighted by molar-refractivity contribution is 8.13. The Morgan fingerprint density at radius 3 is 2.61 bits per heavy atom. The van der Waals surface area contributed by atoms with Crippen molar-refractivity contribution < 1.29 is 14.1 Å². The fourth-order valence-electron chi connectivity index (χ4n) is 2.39. The number of halogens is 1. The molecule has 1 unspecified atom stereocenters. The molecule has 3 nitrogen and oxygen atoms in total. The molecule has 0 bridgehead atoms. The summed E-state index contributed by atoms with van der Waals surface area (Å²) < 4.78 is 16.7. The van der Waals surface area contributed by atoms with E-state index in [1.54, 1.807) is 12.1 Å². The van der Waals surface area contributed by atoms with Gasteiger partial charge in [-0.25, -0.2) is 0 Å². The smallest absolute Gasteiger partial charge is 0.214 e. The van der Waals surface area contributed by atoms with Gasteiger partial charge in [-0.05, 0) is 37.5 Å². The van der Waals surface area contributed by atoms with Crippen molar-refractivity contribution in [2.45, 2.75) is 37.0 Å². The van der Waals surface area contributed by atoms with Gasteiger partial charge in [-0.3, -0.25) is 4.79 Å². The van der Waals surface area contributed by atoms with Crippen molar-refractivity contribution in [2.75, 3.05) is 7.11 Å². The van der Waals surface area contributed by atoms with E-state index >= 15 is 0 Å². The van der Waals surface area contributed by atoms with Crippen LogP contribution in [0.15, 0.2) is 17.0 Å². The van der Waals surface area contributed by atoms with Crippen LogP contribution in [0.25, 0.3) is 0 Å². The monoisotopic (exact) mass is 286 g/mol. The van der Waals surface area contributed by atoms with Crippen LogP contribution in [0.4, 0.5) is 0 Å². The highest BCUT2D eigenvalue weighted by Crippen LogP contribution is 2.39. The molecule has 98 valence electrons. The Kier molecular flexibility index (Phi) is 3.63. The normalized spacial score (nSPS) is 19.3. The quantitative estimate of drug-likeness (QED) is 0.786. The lowest BCUT2D eigenvalue weighted by Gasteiger charge is -2.31. The number of fused-ring (bicyclic) bond motifs is 1. The zero-order valence-electron chi connectivity index (χ0n) is 10.6. The zero-order chi connectivity index (χ0) is 13.5. The van der Waals surface area contributed by atoms with E-state index < -0.39 is 15.8 Å². The number of ether oxygens (including phenoxy) is 1. The maximum Gasteiger partial charge on any atom is 0.214 e. The molecular formula is C13H15ClO3S. The van der Waals surface area contributed by atoms with Crippen LogP contribution < -0.4 is 4.74 Å². The van der Waals surface area contributed by atoms with Gasteiger partial charge in [-0.15, -0.1) is 0 Å². The Morgan fingerprint density at radius 1 is 1.39 bits per heavy atom. The van der Waals surface area contributed by atoms with Gasteiger partial charge in [0.05, 0.1) is 7.11 Å². The predicted octanol–water partition coefficient (Wildman–Crippen LogP) is 2.75. The molecule has 1 aliphatic carbocycles. The Balaban J connectivity index is 2.62. The second-order valence-corrected chi connectivity index (χ2v) is 6.66. The van der Waals surface area contributed by atoms with Gasteiger partial charge in [0.1, 0.15) is 16.2 Å². The lowest BCUT2D eigenvalue weighted by molar-refractivity contribution is -0.124. The summed E-state index contributed by atoms with van der Waals surface area (Å²) in [5, 5.41) is 0. The summed E-state index contributed by atoms with van der Waals surface area (Å²) in [5.41, 5.74) is 1.46. The molecule has 5 heteroatoms. The zero-order valence-corrected chi connectivity index (χ0v) is 12.2. The largest absolute Gasteiger partial charge is 0.594 e. The topological polar surface area (TPSA) is 49.4 Å². The average molecular weight is 287 g/mol. The Labute approximate surface area is 114 Å². The van der Waals surface area contributed by atoms with E-state index in [0.29, 0.717) is 23.5 Å². The first-order chi connectivity index (χ1) is 8.37. The van der Waals surface area contributed by atoms with Crippen LogP contribution in [0.2, 0.25) is 0 Å². The highest BCUT2D eigenvalue weighted by atomic mass is 35.7. The van der Waals surface area contributed by atoms with Crippen LogP contribution in [-0.4, -0.2) is 17.4 Å². The number of aryl methyl sites for hydroxylation is 1. The van der Waals surface area contributed by atoms with Crippen LogP contribution in [0.3, 0.4) is 0 Å². The first-order valence-electron chi connectivity index (χ1n) is 5.70. The van der Waals surface area contributed by atoms with Gasteiger partial charge in [-0.2, -0.15) is 0 Å². The third kappa shape index (κ3) is 2.13. The van der Waals surface area contributed by atoms with Crippen molar-refractivity contribution in [1.29, 1.82) is 0 Å². The van der Waals surface area contributed by atoms with E-state index in [4.69, 9.17) is 15.4 Å². The molecule has 0 fully saturated rings. The minimum Gasteiger partial charge on any atom is -0.594 e. The summed E-state index contributed by atoms with van der Waals surface area (Å²) in [4.78, 5) is 12.4. The van der Waals surface area contributed by atoms with Crippen LogP contribution in [-0.2, 0) is 27.0 Å². The number of carbonyl (C=O) groups is 1. The molecule has 18 heavy (non-hydrogen) atoms. The fourth-order valence-corrected chi connectivity index (χ4v) is 3.28. The maximum atomic E-state index is 12.0. The van der Waals surface area contributed by atoms with E-state index in [2.05, 4.69) is 0 Å². The molecule has 0 aromatic heterocycles. The molecule has 0 saturated heterocycles. The third-order valence-corrected chi connectivity index (χ3v) is 4.72. The molecule has 0 spiro atoms. The van der Waals surface area contributed by atoms with Gasteiger partial charge >= 0.3 is 0 Å². The molecule has 1 aromatic carbocycles. The summed E-state index contributed by atoms with van der Waals surface area (Å²) in [7, 11) is 5.55. The third-order valence-electron chi connectivity index (χ3n) is 3.55. The number of hydrogen-bond acceptors (Lipinski definition) is 3. The van der Waals surface area contributed by atoms with Gasteiger partial charge in [0.15, 0.2) is 16.4 Å². The molecule has 0 saturated carbocycles. The van der Waals surface area contributed by atoms with Crippen LogP contribution in [0.1, 0.15) is 31.4 Å². The summed E-state index contributed by atoms with van der Waals surface area (Å²) in [6.07, 6.45) is 1.18. The number of hydrogen-bond donors (Lipinski definition) is 0. The highest BCUT2D eigenvalue weighted by Gasteiger charge is 2.37. The Bertz CT molecular complexity index is 497. The van der Waals surface area contributed by atoms with Crippen LogP contribution in [0.5, 0.6) is 5.75 Å². The molecule has 0 amide bonds. The molecule has 0 aliphatic heterocycles. The summed E-state index contributed by atoms with van der Waals surface area (Å²) in [6, 6.07) is 3.59. The lowest BCUT2D eigenvalue weighted by atomic mass is 9.72. The van der Waals surface area contributed by atoms with E-state index in [-0.39, 0.29) is 5.78 Å². The van der Waals surface area contributed by atoms with Crippen molar-refractivity contribution in [3.8, 4) is 5.75 Å². The standard InChI is InChI=1S/C13H15ClO3S/c1-13(2)9-7-10(17-3)11(18(14)16)6-8(9)4-5-12(13)15/h6-7H,4-5H2,1-3H3. The first kappa shape index (κ1) is 13.7. The van der Waals surface area contributed by atoms with Gasteiger partial charge in [-0.1, -0.05) is 0 Å². The second kappa shape index (κ2) is 4.76. The molecule has 0 heterocycles. The number of ketones is 1. The van der Waals surface area contributed by atoms with Gasteiger partial charge in [0, 0.05) is 17.9 Å². The van der Waals surface area contributed by atoms with Crippen LogP contribution in [0, 0.1) is 0 Å². The molecule has 0 radical (unpaired) electrons. The van der Waals surface area contributed by atoms with Crippen molar-refractivity contribution in [3.05, 3.63) is 23.3 Å². The molecular weight excluding hydrogens is 272 g/mol. The average Bonchev–Trinajstić information content (AvgIpc) is 2.33. The lowest BCUT2D eigenvalue weighted by Crippen LogP contribution is -2.34. The molecule has 1 aromatic rings. The minimum atomic E-state index is -1.61. The van der Waals surface area contributed by atoms with Gasteiger partial charge < -0.3 is 9.29 Å².